The number of urea groups is 1. The highest BCUT2D eigenvalue weighted by Crippen LogP contribution is 2.17. The molecule has 6 nitrogen and oxygen atoms in total. The Labute approximate surface area is 163 Å². The van der Waals surface area contributed by atoms with Crippen molar-refractivity contribution < 1.29 is 14.7 Å². The Balaban J connectivity index is 1.56. The minimum Gasteiger partial charge on any atom is -0.396 e. The van der Waals surface area contributed by atoms with Gasteiger partial charge in [-0.25, -0.2) is 4.79 Å². The number of aliphatic hydroxyl groups excluding tert-OH is 1. The van der Waals surface area contributed by atoms with Gasteiger partial charge in [0.2, 0.25) is 5.91 Å². The van der Waals surface area contributed by atoms with E-state index in [4.69, 9.17) is 5.11 Å². The first-order valence-corrected chi connectivity index (χ1v) is 10.0. The monoisotopic (exact) mass is 387 g/mol. The second-order valence-corrected chi connectivity index (χ2v) is 7.72. The molecule has 1 fully saturated rings. The Bertz CT molecular complexity index is 736. The number of hydrogen-bond donors (Lipinski definition) is 2. The number of hydrogen-bond acceptors (Lipinski definition) is 4. The van der Waals surface area contributed by atoms with Gasteiger partial charge in [0.1, 0.15) is 0 Å². The Hall–Kier alpha value is -2.38. The molecule has 0 aliphatic carbocycles. The van der Waals surface area contributed by atoms with Gasteiger partial charge in [0.15, 0.2) is 0 Å². The van der Waals surface area contributed by atoms with Crippen molar-refractivity contribution in [2.75, 3.05) is 19.7 Å². The van der Waals surface area contributed by atoms with Gasteiger partial charge in [-0.2, -0.15) is 0 Å². The second kappa shape index (κ2) is 9.53. The van der Waals surface area contributed by atoms with E-state index in [1.165, 1.54) is 0 Å². The number of likely N-dealkylation sites (tertiary alicyclic amines) is 1. The van der Waals surface area contributed by atoms with Gasteiger partial charge in [-0.05, 0) is 23.4 Å². The second-order valence-electron chi connectivity index (χ2n) is 6.69. The summed E-state index contributed by atoms with van der Waals surface area (Å²) in [5, 5.41) is 14.1. The molecular formula is C20H25N3O3S. The fraction of sp³-hybridized carbons (Fsp3) is 0.400. The van der Waals surface area contributed by atoms with Crippen LogP contribution in [0.4, 0.5) is 4.79 Å². The maximum Gasteiger partial charge on any atom is 0.318 e. The molecule has 2 N–H and O–H groups in total. The zero-order valence-corrected chi connectivity index (χ0v) is 16.0. The minimum atomic E-state index is -0.186. The normalized spacial score (nSPS) is 16.6. The molecule has 7 heteroatoms. The summed E-state index contributed by atoms with van der Waals surface area (Å²) >= 11 is 1.60. The molecule has 1 aromatic heterocycles. The Morgan fingerprint density at radius 3 is 2.78 bits per heavy atom. The molecule has 0 saturated carbocycles. The summed E-state index contributed by atoms with van der Waals surface area (Å²) in [4.78, 5) is 29.6. The zero-order valence-electron chi connectivity index (χ0n) is 15.2. The van der Waals surface area contributed by atoms with Crippen LogP contribution in [0, 0.1) is 0 Å². The first kappa shape index (κ1) is 19.4. The van der Waals surface area contributed by atoms with Crippen LogP contribution in [0.25, 0.3) is 0 Å². The van der Waals surface area contributed by atoms with Gasteiger partial charge in [0, 0.05) is 37.5 Å². The summed E-state index contributed by atoms with van der Waals surface area (Å²) in [6.45, 7) is 2.12. The fourth-order valence-corrected chi connectivity index (χ4v) is 3.92. The zero-order chi connectivity index (χ0) is 19.1. The van der Waals surface area contributed by atoms with Crippen molar-refractivity contribution in [2.45, 2.75) is 32.0 Å². The number of amides is 3. The van der Waals surface area contributed by atoms with E-state index in [2.05, 4.69) is 5.32 Å². The number of thiophene rings is 1. The van der Waals surface area contributed by atoms with E-state index in [0.717, 1.165) is 10.4 Å². The third-order valence-electron chi connectivity index (χ3n) is 4.56. The molecule has 1 aliphatic rings. The third kappa shape index (κ3) is 5.55. The molecule has 0 radical (unpaired) electrons. The van der Waals surface area contributed by atoms with Gasteiger partial charge in [-0.15, -0.1) is 11.3 Å². The molecule has 0 unspecified atom stereocenters. The Kier molecular flexibility index (Phi) is 6.84. The molecule has 3 amide bonds. The van der Waals surface area contributed by atoms with Crippen molar-refractivity contribution in [3.63, 3.8) is 0 Å². The quantitative estimate of drug-likeness (QED) is 0.731. The van der Waals surface area contributed by atoms with Gasteiger partial charge in [-0.3, -0.25) is 4.79 Å². The van der Waals surface area contributed by atoms with Gasteiger partial charge in [0.25, 0.3) is 0 Å². The first-order valence-electron chi connectivity index (χ1n) is 9.16. The van der Waals surface area contributed by atoms with Crippen LogP contribution in [0.2, 0.25) is 0 Å². The number of benzene rings is 1. The predicted octanol–water partition coefficient (Wildman–Crippen LogP) is 2.44. The number of aliphatic hydroxyl groups is 1. The standard InChI is InChI=1S/C20H25N3O3S/c24-10-5-9-22(15-18-8-4-11-27-18)20(26)21-17-12-19(25)23(14-17)13-16-6-2-1-3-7-16/h1-4,6-8,11,17,24H,5,9-10,12-15H2,(H,21,26)/t17-/m0/s1. The lowest BCUT2D eigenvalue weighted by molar-refractivity contribution is -0.128. The van der Waals surface area contributed by atoms with Crippen LogP contribution in [0.5, 0.6) is 0 Å². The molecule has 27 heavy (non-hydrogen) atoms. The molecular weight excluding hydrogens is 362 g/mol. The largest absolute Gasteiger partial charge is 0.396 e. The number of rotatable bonds is 8. The van der Waals surface area contributed by atoms with E-state index in [-0.39, 0.29) is 24.6 Å². The van der Waals surface area contributed by atoms with Gasteiger partial charge in [-0.1, -0.05) is 36.4 Å². The number of carbonyl (C=O) groups is 2. The fourth-order valence-electron chi connectivity index (χ4n) is 3.20. The lowest BCUT2D eigenvalue weighted by Crippen LogP contribution is -2.45. The highest BCUT2D eigenvalue weighted by Gasteiger charge is 2.31. The van der Waals surface area contributed by atoms with Crippen molar-refractivity contribution in [1.29, 1.82) is 0 Å². The number of nitrogens with zero attached hydrogens (tertiary/aromatic N) is 2. The van der Waals surface area contributed by atoms with E-state index in [0.29, 0.717) is 39.0 Å². The molecule has 1 saturated heterocycles. The van der Waals surface area contributed by atoms with Crippen LogP contribution in [-0.4, -0.2) is 52.6 Å². The molecule has 144 valence electrons. The van der Waals surface area contributed by atoms with Crippen LogP contribution in [0.1, 0.15) is 23.3 Å². The highest BCUT2D eigenvalue weighted by atomic mass is 32.1. The smallest absolute Gasteiger partial charge is 0.318 e. The minimum absolute atomic E-state index is 0.0426. The van der Waals surface area contributed by atoms with E-state index in [1.54, 1.807) is 21.1 Å². The Morgan fingerprint density at radius 2 is 2.07 bits per heavy atom. The molecule has 1 aliphatic heterocycles. The molecule has 2 aromatic rings. The van der Waals surface area contributed by atoms with Crippen molar-refractivity contribution >= 4 is 23.3 Å². The lowest BCUT2D eigenvalue weighted by atomic mass is 10.2. The maximum absolute atomic E-state index is 12.7. The van der Waals surface area contributed by atoms with E-state index < -0.39 is 0 Å². The van der Waals surface area contributed by atoms with Crippen LogP contribution in [-0.2, 0) is 17.9 Å². The Morgan fingerprint density at radius 1 is 1.26 bits per heavy atom. The van der Waals surface area contributed by atoms with E-state index in [1.807, 2.05) is 47.8 Å². The third-order valence-corrected chi connectivity index (χ3v) is 5.42. The highest BCUT2D eigenvalue weighted by molar-refractivity contribution is 7.09. The van der Waals surface area contributed by atoms with E-state index in [9.17, 15) is 9.59 Å². The molecule has 2 heterocycles. The van der Waals surface area contributed by atoms with Crippen molar-refractivity contribution in [2.24, 2.45) is 0 Å². The average Bonchev–Trinajstić information content (AvgIpc) is 3.29. The van der Waals surface area contributed by atoms with Crippen molar-refractivity contribution in [3.8, 4) is 0 Å². The van der Waals surface area contributed by atoms with Crippen LogP contribution in [0.15, 0.2) is 47.8 Å². The summed E-state index contributed by atoms with van der Waals surface area (Å²) in [5.41, 5.74) is 1.08. The summed E-state index contributed by atoms with van der Waals surface area (Å²) < 4.78 is 0. The summed E-state index contributed by atoms with van der Waals surface area (Å²) in [7, 11) is 0. The number of carbonyl (C=O) groups excluding carboxylic acids is 2. The molecule has 1 atom stereocenters. The molecule has 3 rings (SSSR count). The van der Waals surface area contributed by atoms with Gasteiger partial charge in [0.05, 0.1) is 12.6 Å². The average molecular weight is 388 g/mol. The predicted molar refractivity (Wildman–Crippen MR) is 105 cm³/mol. The lowest BCUT2D eigenvalue weighted by Gasteiger charge is -2.24. The maximum atomic E-state index is 12.7. The first-order chi connectivity index (χ1) is 13.2. The van der Waals surface area contributed by atoms with Crippen LogP contribution in [0.3, 0.4) is 0 Å². The number of nitrogens with one attached hydrogen (secondary N) is 1. The summed E-state index contributed by atoms with van der Waals surface area (Å²) in [6, 6.07) is 13.4. The summed E-state index contributed by atoms with van der Waals surface area (Å²) in [5.74, 6) is 0.0596. The molecule has 0 spiro atoms. The van der Waals surface area contributed by atoms with Crippen molar-refractivity contribution in [1.82, 2.24) is 15.1 Å². The molecule has 0 bridgehead atoms. The topological polar surface area (TPSA) is 72.9 Å². The van der Waals surface area contributed by atoms with Crippen molar-refractivity contribution in [3.05, 3.63) is 58.3 Å². The van der Waals surface area contributed by atoms with Gasteiger partial charge >= 0.3 is 6.03 Å². The van der Waals surface area contributed by atoms with Gasteiger partial charge < -0.3 is 20.2 Å². The SMILES string of the molecule is O=C1C[C@H](NC(=O)N(CCCO)Cc2cccs2)CN1Cc1ccccc1. The van der Waals surface area contributed by atoms with Crippen LogP contribution < -0.4 is 5.32 Å². The van der Waals surface area contributed by atoms with Crippen LogP contribution >= 0.6 is 11.3 Å². The summed E-state index contributed by atoms with van der Waals surface area (Å²) in [6.07, 6.45) is 0.855. The molecule has 1 aromatic carbocycles. The van der Waals surface area contributed by atoms with E-state index >= 15 is 0 Å².